The van der Waals surface area contributed by atoms with Crippen molar-refractivity contribution in [2.75, 3.05) is 11.1 Å². The Morgan fingerprint density at radius 2 is 1.59 bits per heavy atom. The molecule has 0 unspecified atom stereocenters. The van der Waals surface area contributed by atoms with Gasteiger partial charge < -0.3 is 5.32 Å². The first kappa shape index (κ1) is 22.3. The maximum Gasteiger partial charge on any atom is 0.235 e. The van der Waals surface area contributed by atoms with E-state index in [0.29, 0.717) is 15.7 Å². The second-order valence-electron chi connectivity index (χ2n) is 8.02. The third-order valence-electron chi connectivity index (χ3n) is 5.71. The Morgan fingerprint density at radius 1 is 0.971 bits per heavy atom. The molecule has 5 rings (SSSR count). The second-order valence-corrected chi connectivity index (χ2v) is 10.1. The van der Waals surface area contributed by atoms with Crippen molar-refractivity contribution in [3.63, 3.8) is 0 Å². The first-order chi connectivity index (χ1) is 16.7. The van der Waals surface area contributed by atoms with Gasteiger partial charge in [-0.3, -0.25) is 4.79 Å². The highest BCUT2D eigenvalue weighted by Gasteiger charge is 2.22. The molecule has 1 aliphatic rings. The van der Waals surface area contributed by atoms with E-state index in [1.807, 2.05) is 66.7 Å². The van der Waals surface area contributed by atoms with Crippen LogP contribution in [0.2, 0.25) is 0 Å². The highest BCUT2D eigenvalue weighted by atomic mass is 32.2. The molecular formula is C27H22N4OS2. The van der Waals surface area contributed by atoms with Crippen molar-refractivity contribution < 1.29 is 4.79 Å². The molecule has 34 heavy (non-hydrogen) atoms. The van der Waals surface area contributed by atoms with E-state index < -0.39 is 0 Å². The summed E-state index contributed by atoms with van der Waals surface area (Å²) in [5.74, 6) is 0.00923. The van der Waals surface area contributed by atoms with Gasteiger partial charge in [0.15, 0.2) is 5.16 Å². The van der Waals surface area contributed by atoms with Gasteiger partial charge in [0.05, 0.1) is 22.7 Å². The lowest BCUT2D eigenvalue weighted by Gasteiger charge is -2.09. The van der Waals surface area contributed by atoms with Gasteiger partial charge in [0, 0.05) is 16.0 Å². The van der Waals surface area contributed by atoms with Crippen LogP contribution in [0.3, 0.4) is 0 Å². The van der Waals surface area contributed by atoms with E-state index in [0.717, 1.165) is 53.8 Å². The number of carbonyl (C=O) groups is 1. The number of nitrogens with one attached hydrogen (secondary N) is 1. The molecule has 1 aliphatic carbocycles. The van der Waals surface area contributed by atoms with Gasteiger partial charge in [-0.1, -0.05) is 72.4 Å². The van der Waals surface area contributed by atoms with Crippen LogP contribution in [0, 0.1) is 11.3 Å². The molecule has 1 amide bonds. The van der Waals surface area contributed by atoms with Crippen molar-refractivity contribution >= 4 is 34.0 Å². The van der Waals surface area contributed by atoms with Crippen LogP contribution < -0.4 is 5.32 Å². The van der Waals surface area contributed by atoms with Crippen LogP contribution in [0.1, 0.15) is 28.8 Å². The molecule has 2 heterocycles. The number of hydrogen-bond donors (Lipinski definition) is 1. The van der Waals surface area contributed by atoms with E-state index in [-0.39, 0.29) is 11.7 Å². The number of aromatic nitrogens is 2. The van der Waals surface area contributed by atoms with E-state index in [1.165, 1.54) is 16.6 Å². The predicted octanol–water partition coefficient (Wildman–Crippen LogP) is 6.35. The summed E-state index contributed by atoms with van der Waals surface area (Å²) < 4.78 is 0. The molecule has 2 aromatic carbocycles. The zero-order valence-corrected chi connectivity index (χ0v) is 20.1. The lowest BCUT2D eigenvalue weighted by atomic mass is 9.96. The molecule has 0 aliphatic heterocycles. The van der Waals surface area contributed by atoms with E-state index in [4.69, 9.17) is 9.97 Å². The molecule has 5 nitrogen and oxygen atoms in total. The lowest BCUT2D eigenvalue weighted by molar-refractivity contribution is -0.113. The van der Waals surface area contributed by atoms with E-state index in [1.54, 1.807) is 11.3 Å². The van der Waals surface area contributed by atoms with Crippen LogP contribution in [-0.4, -0.2) is 21.6 Å². The fraction of sp³-hybridized carbons (Fsp3) is 0.185. The van der Waals surface area contributed by atoms with Crippen LogP contribution in [-0.2, 0) is 17.6 Å². The van der Waals surface area contributed by atoms with Gasteiger partial charge in [-0.2, -0.15) is 5.26 Å². The van der Waals surface area contributed by atoms with Crippen LogP contribution >= 0.6 is 23.1 Å². The summed E-state index contributed by atoms with van der Waals surface area (Å²) >= 11 is 2.84. The standard InChI is InChI=1S/C27H22N4OS2/c28-16-21-20-13-7-8-14-24(20)34-26(21)31-25(32)17-33-27-29-22(18-9-3-1-4-10-18)15-23(30-27)19-11-5-2-6-12-19/h1-6,9-12,15H,7-8,13-14,17H2,(H,31,32). The van der Waals surface area contributed by atoms with Crippen LogP contribution in [0.15, 0.2) is 71.9 Å². The van der Waals surface area contributed by atoms with E-state index in [9.17, 15) is 10.1 Å². The number of carbonyl (C=O) groups excluding carboxylic acids is 1. The molecule has 0 fully saturated rings. The number of amides is 1. The highest BCUT2D eigenvalue weighted by molar-refractivity contribution is 7.99. The number of nitrogens with zero attached hydrogens (tertiary/aromatic N) is 3. The monoisotopic (exact) mass is 482 g/mol. The SMILES string of the molecule is N#Cc1c(NC(=O)CSc2nc(-c3ccccc3)cc(-c3ccccc3)n2)sc2c1CCCC2. The molecule has 7 heteroatoms. The quantitative estimate of drug-likeness (QED) is 0.256. The first-order valence-electron chi connectivity index (χ1n) is 11.2. The van der Waals surface area contributed by atoms with Crippen molar-refractivity contribution in [2.45, 2.75) is 30.8 Å². The van der Waals surface area contributed by atoms with Crippen LogP contribution in [0.25, 0.3) is 22.5 Å². The van der Waals surface area contributed by atoms with Crippen molar-refractivity contribution in [1.29, 1.82) is 5.26 Å². The van der Waals surface area contributed by atoms with E-state index in [2.05, 4.69) is 11.4 Å². The normalized spacial score (nSPS) is 12.6. The number of thiophene rings is 1. The van der Waals surface area contributed by atoms with Crippen LogP contribution in [0.4, 0.5) is 5.00 Å². The van der Waals surface area contributed by atoms with Gasteiger partial charge in [-0.25, -0.2) is 9.97 Å². The summed E-state index contributed by atoms with van der Waals surface area (Å²) in [5, 5.41) is 13.8. The molecule has 168 valence electrons. The molecule has 0 atom stereocenters. The second kappa shape index (κ2) is 10.2. The lowest BCUT2D eigenvalue weighted by Crippen LogP contribution is -2.14. The number of anilines is 1. The zero-order chi connectivity index (χ0) is 23.3. The summed E-state index contributed by atoms with van der Waals surface area (Å²) in [6.07, 6.45) is 4.14. The fourth-order valence-corrected chi connectivity index (χ4v) is 5.98. The van der Waals surface area contributed by atoms with Crippen molar-refractivity contribution in [3.8, 4) is 28.6 Å². The predicted molar refractivity (Wildman–Crippen MR) is 138 cm³/mol. The average Bonchev–Trinajstić information content (AvgIpc) is 3.25. The number of nitriles is 1. The summed E-state index contributed by atoms with van der Waals surface area (Å²) in [5.41, 5.74) is 5.37. The number of fused-ring (bicyclic) bond motifs is 1. The van der Waals surface area contributed by atoms with E-state index >= 15 is 0 Å². The van der Waals surface area contributed by atoms with Gasteiger partial charge in [-0.05, 0) is 37.3 Å². The Bertz CT molecular complexity index is 1300. The van der Waals surface area contributed by atoms with Crippen LogP contribution in [0.5, 0.6) is 0 Å². The smallest absolute Gasteiger partial charge is 0.235 e. The number of aryl methyl sites for hydroxylation is 1. The summed E-state index contributed by atoms with van der Waals surface area (Å²) in [7, 11) is 0. The average molecular weight is 483 g/mol. The van der Waals surface area contributed by atoms with Crippen molar-refractivity contribution in [2.24, 2.45) is 0 Å². The number of hydrogen-bond acceptors (Lipinski definition) is 6. The third-order valence-corrected chi connectivity index (χ3v) is 7.77. The molecule has 0 saturated heterocycles. The minimum absolute atomic E-state index is 0.157. The first-order valence-corrected chi connectivity index (χ1v) is 13.0. The number of thioether (sulfide) groups is 1. The number of rotatable bonds is 6. The third kappa shape index (κ3) is 4.89. The molecule has 1 N–H and O–H groups in total. The van der Waals surface area contributed by atoms with Crippen molar-refractivity contribution in [3.05, 3.63) is 82.7 Å². The maximum absolute atomic E-state index is 12.8. The minimum atomic E-state index is -0.157. The molecular weight excluding hydrogens is 460 g/mol. The summed E-state index contributed by atoms with van der Waals surface area (Å²) in [6.45, 7) is 0. The van der Waals surface area contributed by atoms with Gasteiger partial charge in [0.1, 0.15) is 11.1 Å². The largest absolute Gasteiger partial charge is 0.316 e. The van der Waals surface area contributed by atoms with Crippen molar-refractivity contribution in [1.82, 2.24) is 9.97 Å². The topological polar surface area (TPSA) is 78.7 Å². The molecule has 0 radical (unpaired) electrons. The minimum Gasteiger partial charge on any atom is -0.316 e. The van der Waals surface area contributed by atoms with Gasteiger partial charge in [0.2, 0.25) is 5.91 Å². The zero-order valence-electron chi connectivity index (χ0n) is 18.5. The summed E-state index contributed by atoms with van der Waals surface area (Å²) in [6, 6.07) is 24.2. The molecule has 0 saturated carbocycles. The Hall–Kier alpha value is -3.47. The molecule has 2 aromatic heterocycles. The highest BCUT2D eigenvalue weighted by Crippen LogP contribution is 2.37. The number of benzene rings is 2. The summed E-state index contributed by atoms with van der Waals surface area (Å²) in [4.78, 5) is 23.5. The Labute approximate surface area is 206 Å². The Morgan fingerprint density at radius 3 is 2.21 bits per heavy atom. The molecule has 4 aromatic rings. The van der Waals surface area contributed by atoms with Gasteiger partial charge >= 0.3 is 0 Å². The van der Waals surface area contributed by atoms with Gasteiger partial charge in [-0.15, -0.1) is 11.3 Å². The molecule has 0 bridgehead atoms. The fourth-order valence-electron chi connectivity index (χ4n) is 4.07. The van der Waals surface area contributed by atoms with Gasteiger partial charge in [0.25, 0.3) is 0 Å². The Kier molecular flexibility index (Phi) is 6.70. The molecule has 0 spiro atoms. The maximum atomic E-state index is 12.8. The Balaban J connectivity index is 1.37.